The average Bonchev–Trinajstić information content (AvgIpc) is 3.37. The lowest BCUT2D eigenvalue weighted by atomic mass is 9.53. The third kappa shape index (κ3) is 2.93. The second kappa shape index (κ2) is 7.26. The van der Waals surface area contributed by atoms with Crippen molar-refractivity contribution < 1.29 is 33.3 Å². The molecule has 4 aliphatic heterocycles. The Morgan fingerprint density at radius 1 is 1.11 bits per heavy atom. The molecule has 204 valence electrons. The Bertz CT molecular complexity index is 1090. The minimum atomic E-state index is -1.01. The third-order valence-electron chi connectivity index (χ3n) is 12.2. The average molecular weight is 515 g/mol. The fourth-order valence-corrected chi connectivity index (χ4v) is 9.62. The molecule has 7 heteroatoms. The Balaban J connectivity index is 1.20. The molecule has 0 aromatic heterocycles. The molecular formula is C30H42O7. The van der Waals surface area contributed by atoms with Crippen molar-refractivity contribution in [1.82, 2.24) is 0 Å². The number of hydrogen-bond donors (Lipinski definition) is 0. The van der Waals surface area contributed by atoms with Crippen LogP contribution in [0.4, 0.5) is 0 Å². The fourth-order valence-electron chi connectivity index (χ4n) is 9.62. The Kier molecular flexibility index (Phi) is 4.86. The van der Waals surface area contributed by atoms with Gasteiger partial charge < -0.3 is 23.7 Å². The van der Waals surface area contributed by atoms with Gasteiger partial charge in [0.15, 0.2) is 5.78 Å². The molecule has 0 N–H and O–H groups in total. The van der Waals surface area contributed by atoms with Crippen LogP contribution in [0.15, 0.2) is 11.6 Å². The van der Waals surface area contributed by atoms with E-state index in [0.29, 0.717) is 19.3 Å². The zero-order valence-electron chi connectivity index (χ0n) is 23.3. The van der Waals surface area contributed by atoms with E-state index in [4.69, 9.17) is 23.7 Å². The summed E-state index contributed by atoms with van der Waals surface area (Å²) in [5, 5.41) is 0. The molecule has 2 saturated carbocycles. The molecule has 4 saturated heterocycles. The van der Waals surface area contributed by atoms with Crippen LogP contribution in [0.25, 0.3) is 0 Å². The Morgan fingerprint density at radius 3 is 2.54 bits per heavy atom. The van der Waals surface area contributed by atoms with Crippen LogP contribution >= 0.6 is 0 Å². The molecule has 2 bridgehead atoms. The summed E-state index contributed by atoms with van der Waals surface area (Å²) in [6.45, 7) is 15.0. The standard InChI is InChI=1S/C30H42O7/c1-8-30-34-20(14-27(6,37-30)26(4,5)36-30)15(2)18-9-10-19-23-17(13-21(31)28(18,19)7)16(3)29(25-24(23)33-25)12-11-22(32)35-29/h13,15-16,18-20,23-25H,8-12,14H2,1-7H3. The van der Waals surface area contributed by atoms with E-state index in [2.05, 4.69) is 41.5 Å². The molecule has 7 rings (SSSR count). The predicted molar refractivity (Wildman–Crippen MR) is 133 cm³/mol. The molecule has 7 aliphatic rings. The van der Waals surface area contributed by atoms with Crippen molar-refractivity contribution in [3.8, 4) is 0 Å². The van der Waals surface area contributed by atoms with Gasteiger partial charge >= 0.3 is 5.97 Å². The molecule has 4 heterocycles. The number of ketones is 1. The highest BCUT2D eigenvalue weighted by Crippen LogP contribution is 2.67. The smallest absolute Gasteiger partial charge is 0.306 e. The van der Waals surface area contributed by atoms with Crippen LogP contribution in [0.2, 0.25) is 0 Å². The van der Waals surface area contributed by atoms with Crippen LogP contribution < -0.4 is 0 Å². The lowest BCUT2D eigenvalue weighted by Gasteiger charge is -2.51. The first-order valence-electron chi connectivity index (χ1n) is 14.5. The molecule has 12 unspecified atom stereocenters. The Morgan fingerprint density at radius 2 is 1.86 bits per heavy atom. The first-order valence-corrected chi connectivity index (χ1v) is 14.5. The van der Waals surface area contributed by atoms with Gasteiger partial charge in [0.1, 0.15) is 17.3 Å². The maximum Gasteiger partial charge on any atom is 0.306 e. The Labute approximate surface area is 219 Å². The summed E-state index contributed by atoms with van der Waals surface area (Å²) in [4.78, 5) is 26.2. The second-order valence-corrected chi connectivity index (χ2v) is 14.0. The molecule has 6 fully saturated rings. The summed E-state index contributed by atoms with van der Waals surface area (Å²) >= 11 is 0. The zero-order chi connectivity index (χ0) is 26.3. The summed E-state index contributed by atoms with van der Waals surface area (Å²) in [5.41, 5.74) is -0.785. The number of rotatable bonds is 3. The number of epoxide rings is 1. The largest absolute Gasteiger partial charge is 0.456 e. The molecule has 0 amide bonds. The van der Waals surface area contributed by atoms with Crippen LogP contribution in [0.5, 0.6) is 0 Å². The van der Waals surface area contributed by atoms with Gasteiger partial charge in [-0.1, -0.05) is 33.3 Å². The van der Waals surface area contributed by atoms with E-state index in [0.717, 1.165) is 24.8 Å². The SMILES string of the molecule is CCC12OC(C(C)C3CCC4C5C(=CC(=O)C34C)C(C)C3(CCC(=O)O3)C3OC53)CC(C)(O1)C(C)(C)O2. The molecule has 0 aromatic carbocycles. The first kappa shape index (κ1) is 24.7. The highest BCUT2D eigenvalue weighted by Gasteiger charge is 2.74. The van der Waals surface area contributed by atoms with Crippen molar-refractivity contribution in [3.63, 3.8) is 0 Å². The monoisotopic (exact) mass is 514 g/mol. The van der Waals surface area contributed by atoms with Crippen LogP contribution in [0.1, 0.15) is 87.0 Å². The van der Waals surface area contributed by atoms with Crippen molar-refractivity contribution in [2.45, 2.75) is 128 Å². The van der Waals surface area contributed by atoms with Crippen LogP contribution in [-0.4, -0.2) is 52.8 Å². The third-order valence-corrected chi connectivity index (χ3v) is 12.2. The van der Waals surface area contributed by atoms with E-state index in [1.807, 2.05) is 13.0 Å². The number of carbonyl (C=O) groups is 2. The van der Waals surface area contributed by atoms with E-state index >= 15 is 0 Å². The number of hydrogen-bond acceptors (Lipinski definition) is 7. The highest BCUT2D eigenvalue weighted by molar-refractivity contribution is 5.97. The molecule has 12 atom stereocenters. The normalized spacial score (nSPS) is 55.9. The van der Waals surface area contributed by atoms with Crippen molar-refractivity contribution >= 4 is 11.8 Å². The van der Waals surface area contributed by atoms with Gasteiger partial charge in [0.05, 0.1) is 17.8 Å². The van der Waals surface area contributed by atoms with Gasteiger partial charge in [-0.2, -0.15) is 0 Å². The lowest BCUT2D eigenvalue weighted by molar-refractivity contribution is -0.396. The Hall–Kier alpha value is -1.28. The van der Waals surface area contributed by atoms with Gasteiger partial charge in [-0.05, 0) is 57.4 Å². The summed E-state index contributed by atoms with van der Waals surface area (Å²) < 4.78 is 31.7. The van der Waals surface area contributed by atoms with E-state index in [-0.39, 0.29) is 59.7 Å². The predicted octanol–water partition coefficient (Wildman–Crippen LogP) is 4.71. The van der Waals surface area contributed by atoms with Gasteiger partial charge in [-0.25, -0.2) is 0 Å². The number of allylic oxidation sites excluding steroid dienone is 1. The zero-order valence-corrected chi connectivity index (χ0v) is 23.3. The minimum Gasteiger partial charge on any atom is -0.456 e. The van der Waals surface area contributed by atoms with Crippen LogP contribution in [0, 0.1) is 35.0 Å². The maximum atomic E-state index is 14.1. The fraction of sp³-hybridized carbons (Fsp3) is 0.867. The van der Waals surface area contributed by atoms with E-state index < -0.39 is 28.2 Å². The van der Waals surface area contributed by atoms with Gasteiger partial charge in [0.25, 0.3) is 5.97 Å². The van der Waals surface area contributed by atoms with Crippen molar-refractivity contribution in [3.05, 3.63) is 11.6 Å². The molecule has 0 aromatic rings. The van der Waals surface area contributed by atoms with Crippen molar-refractivity contribution in [1.29, 1.82) is 0 Å². The maximum absolute atomic E-state index is 14.1. The number of esters is 1. The molecule has 0 radical (unpaired) electrons. The molecular weight excluding hydrogens is 472 g/mol. The topological polar surface area (TPSA) is 83.6 Å². The van der Waals surface area contributed by atoms with Gasteiger partial charge in [-0.15, -0.1) is 0 Å². The first-order chi connectivity index (χ1) is 17.3. The van der Waals surface area contributed by atoms with Crippen LogP contribution in [0.3, 0.4) is 0 Å². The van der Waals surface area contributed by atoms with E-state index in [1.54, 1.807) is 0 Å². The van der Waals surface area contributed by atoms with Gasteiger partial charge in [0, 0.05) is 42.9 Å². The summed E-state index contributed by atoms with van der Waals surface area (Å²) in [7, 11) is 0. The van der Waals surface area contributed by atoms with Gasteiger partial charge in [-0.3, -0.25) is 9.59 Å². The van der Waals surface area contributed by atoms with Gasteiger partial charge in [0.2, 0.25) is 0 Å². The molecule has 37 heavy (non-hydrogen) atoms. The molecule has 7 nitrogen and oxygen atoms in total. The van der Waals surface area contributed by atoms with Crippen molar-refractivity contribution in [2.24, 2.45) is 35.0 Å². The van der Waals surface area contributed by atoms with Crippen molar-refractivity contribution in [2.75, 3.05) is 0 Å². The van der Waals surface area contributed by atoms with E-state index in [9.17, 15) is 9.59 Å². The second-order valence-electron chi connectivity index (χ2n) is 14.0. The minimum absolute atomic E-state index is 0.0101. The quantitative estimate of drug-likeness (QED) is 0.398. The number of ether oxygens (including phenoxy) is 5. The summed E-state index contributed by atoms with van der Waals surface area (Å²) in [5.74, 6) is -0.0739. The molecule has 3 aliphatic carbocycles. The van der Waals surface area contributed by atoms with E-state index in [1.165, 1.54) is 0 Å². The lowest BCUT2D eigenvalue weighted by Crippen LogP contribution is -2.57. The summed E-state index contributed by atoms with van der Waals surface area (Å²) in [6.07, 6.45) is 6.39. The number of carbonyl (C=O) groups excluding carboxylic acids is 2. The van der Waals surface area contributed by atoms with Crippen LogP contribution in [-0.2, 0) is 33.3 Å². The number of fused-ring (bicyclic) bond motifs is 8. The summed E-state index contributed by atoms with van der Waals surface area (Å²) in [6, 6.07) is 0. The molecule has 1 spiro atoms. The highest BCUT2D eigenvalue weighted by atomic mass is 16.9.